The Bertz CT molecular complexity index is 345. The molecule has 0 aliphatic heterocycles. The summed E-state index contributed by atoms with van der Waals surface area (Å²) < 4.78 is 0. The van der Waals surface area contributed by atoms with E-state index in [1.807, 2.05) is 0 Å². The molecule has 0 heterocycles. The summed E-state index contributed by atoms with van der Waals surface area (Å²) in [5.41, 5.74) is 1.07. The molecule has 0 aliphatic carbocycles. The maximum atomic E-state index is 10.9. The molecule has 0 unspecified atom stereocenters. The van der Waals surface area contributed by atoms with E-state index in [-0.39, 0.29) is 18.1 Å². The van der Waals surface area contributed by atoms with Gasteiger partial charge in [-0.05, 0) is 5.56 Å². The van der Waals surface area contributed by atoms with E-state index >= 15 is 0 Å². The van der Waals surface area contributed by atoms with Gasteiger partial charge < -0.3 is 5.11 Å². The van der Waals surface area contributed by atoms with Crippen LogP contribution in [-0.4, -0.2) is 16.6 Å². The Morgan fingerprint density at radius 3 is 2.62 bits per heavy atom. The van der Waals surface area contributed by atoms with Crippen LogP contribution in [0, 0.1) is 5.41 Å². The van der Waals surface area contributed by atoms with Crippen LogP contribution in [0.4, 0.5) is 0 Å². The van der Waals surface area contributed by atoms with Gasteiger partial charge in [0.1, 0.15) is 5.71 Å². The lowest BCUT2D eigenvalue weighted by Gasteiger charge is -2.05. The van der Waals surface area contributed by atoms with Crippen LogP contribution in [0.1, 0.15) is 18.1 Å². The third-order valence-corrected chi connectivity index (χ3v) is 1.81. The topological polar surface area (TPSA) is 61.2 Å². The van der Waals surface area contributed by atoms with Gasteiger partial charge in [0.15, 0.2) is 5.78 Å². The molecule has 0 atom stereocenters. The van der Waals surface area contributed by atoms with Crippen molar-refractivity contribution < 1.29 is 9.90 Å². The summed E-state index contributed by atoms with van der Waals surface area (Å²) in [6, 6.07) is 6.87. The average molecular weight is 177 g/mol. The van der Waals surface area contributed by atoms with E-state index in [1.165, 1.54) is 6.92 Å². The molecule has 0 saturated carbocycles. The lowest BCUT2D eigenvalue weighted by atomic mass is 10.0. The van der Waals surface area contributed by atoms with Gasteiger partial charge in [-0.3, -0.25) is 10.2 Å². The normalized spacial score (nSPS) is 9.69. The zero-order valence-electron chi connectivity index (χ0n) is 7.37. The predicted octanol–water partition coefficient (Wildman–Crippen LogP) is 1.14. The van der Waals surface area contributed by atoms with Crippen molar-refractivity contribution in [3.05, 3.63) is 35.4 Å². The van der Waals surface area contributed by atoms with E-state index < -0.39 is 0 Å². The van der Waals surface area contributed by atoms with Crippen LogP contribution < -0.4 is 0 Å². The largest absolute Gasteiger partial charge is 0.392 e. The van der Waals surface area contributed by atoms with Gasteiger partial charge in [0.05, 0.1) is 6.61 Å². The van der Waals surface area contributed by atoms with Crippen molar-refractivity contribution in [2.75, 3.05) is 0 Å². The van der Waals surface area contributed by atoms with Gasteiger partial charge in [0.2, 0.25) is 0 Å². The van der Waals surface area contributed by atoms with Gasteiger partial charge in [0, 0.05) is 12.5 Å². The first-order valence-corrected chi connectivity index (χ1v) is 3.95. The summed E-state index contributed by atoms with van der Waals surface area (Å²) >= 11 is 0. The third-order valence-electron chi connectivity index (χ3n) is 1.81. The summed E-state index contributed by atoms with van der Waals surface area (Å²) in [6.45, 7) is 1.20. The number of carbonyl (C=O) groups is 1. The summed E-state index contributed by atoms with van der Waals surface area (Å²) in [5.74, 6) is -0.291. The fraction of sp³-hybridized carbons (Fsp3) is 0.200. The lowest BCUT2D eigenvalue weighted by molar-refractivity contribution is -0.111. The van der Waals surface area contributed by atoms with Crippen molar-refractivity contribution in [1.82, 2.24) is 0 Å². The van der Waals surface area contributed by atoms with Crippen molar-refractivity contribution in [3.63, 3.8) is 0 Å². The van der Waals surface area contributed by atoms with Crippen molar-refractivity contribution >= 4 is 11.5 Å². The molecular weight excluding hydrogens is 166 g/mol. The number of ketones is 1. The molecule has 0 amide bonds. The maximum Gasteiger partial charge on any atom is 0.178 e. The molecular formula is C10H11NO2. The molecule has 3 nitrogen and oxygen atoms in total. The van der Waals surface area contributed by atoms with Gasteiger partial charge in [0.25, 0.3) is 0 Å². The first-order valence-electron chi connectivity index (χ1n) is 3.95. The lowest BCUT2D eigenvalue weighted by Crippen LogP contribution is -2.12. The Hall–Kier alpha value is -1.48. The average Bonchev–Trinajstić information content (AvgIpc) is 2.16. The number of hydrogen-bond donors (Lipinski definition) is 2. The van der Waals surface area contributed by atoms with Crippen LogP contribution in [0.15, 0.2) is 24.3 Å². The van der Waals surface area contributed by atoms with Crippen LogP contribution in [0.3, 0.4) is 0 Å². The first-order chi connectivity index (χ1) is 6.16. The second-order valence-electron chi connectivity index (χ2n) is 2.75. The van der Waals surface area contributed by atoms with E-state index in [0.717, 1.165) is 0 Å². The molecule has 68 valence electrons. The van der Waals surface area contributed by atoms with E-state index in [4.69, 9.17) is 10.5 Å². The van der Waals surface area contributed by atoms with Crippen molar-refractivity contribution in [2.45, 2.75) is 13.5 Å². The third kappa shape index (κ3) is 2.00. The smallest absolute Gasteiger partial charge is 0.178 e. The molecule has 0 spiro atoms. The van der Waals surface area contributed by atoms with Crippen molar-refractivity contribution in [2.24, 2.45) is 0 Å². The number of nitrogens with one attached hydrogen (secondary N) is 1. The van der Waals surface area contributed by atoms with Crippen LogP contribution in [0.25, 0.3) is 0 Å². The number of aliphatic hydroxyl groups is 1. The molecule has 1 aromatic carbocycles. The van der Waals surface area contributed by atoms with Gasteiger partial charge in [-0.2, -0.15) is 0 Å². The van der Waals surface area contributed by atoms with E-state index in [1.54, 1.807) is 24.3 Å². The Labute approximate surface area is 76.5 Å². The van der Waals surface area contributed by atoms with Gasteiger partial charge >= 0.3 is 0 Å². The van der Waals surface area contributed by atoms with Crippen LogP contribution in [0.5, 0.6) is 0 Å². The predicted molar refractivity (Wildman–Crippen MR) is 49.9 cm³/mol. The van der Waals surface area contributed by atoms with Crippen molar-refractivity contribution in [3.8, 4) is 0 Å². The SMILES string of the molecule is CC(=O)C(=N)c1ccccc1CO. The molecule has 2 N–H and O–H groups in total. The van der Waals surface area contributed by atoms with Crippen molar-refractivity contribution in [1.29, 1.82) is 5.41 Å². The number of Topliss-reactive ketones (excluding diaryl/α,β-unsaturated/α-hetero) is 1. The quantitative estimate of drug-likeness (QED) is 0.680. The van der Waals surface area contributed by atoms with E-state index in [9.17, 15) is 4.79 Å². The number of carbonyl (C=O) groups excluding carboxylic acids is 1. The summed E-state index contributed by atoms with van der Waals surface area (Å²) in [6.07, 6.45) is 0. The minimum absolute atomic E-state index is 0.0512. The Kier molecular flexibility index (Phi) is 2.93. The highest BCUT2D eigenvalue weighted by Gasteiger charge is 2.09. The van der Waals surface area contributed by atoms with E-state index in [0.29, 0.717) is 11.1 Å². The molecule has 1 rings (SSSR count). The fourth-order valence-corrected chi connectivity index (χ4v) is 1.09. The summed E-state index contributed by atoms with van der Waals surface area (Å²) in [5, 5.41) is 16.4. The summed E-state index contributed by atoms with van der Waals surface area (Å²) in [4.78, 5) is 10.9. The highest BCUT2D eigenvalue weighted by atomic mass is 16.3. The second kappa shape index (κ2) is 3.96. The number of rotatable bonds is 3. The minimum atomic E-state index is -0.291. The zero-order valence-corrected chi connectivity index (χ0v) is 7.37. The zero-order chi connectivity index (χ0) is 9.84. The molecule has 0 radical (unpaired) electrons. The van der Waals surface area contributed by atoms with Crippen LogP contribution in [-0.2, 0) is 11.4 Å². The first kappa shape index (κ1) is 9.61. The monoisotopic (exact) mass is 177 g/mol. The molecule has 0 saturated heterocycles. The fourth-order valence-electron chi connectivity index (χ4n) is 1.09. The highest BCUT2D eigenvalue weighted by Crippen LogP contribution is 2.09. The molecule has 0 aliphatic rings. The molecule has 0 aromatic heterocycles. The Balaban J connectivity index is 3.13. The Morgan fingerprint density at radius 2 is 2.08 bits per heavy atom. The van der Waals surface area contributed by atoms with Gasteiger partial charge in [-0.25, -0.2) is 0 Å². The molecule has 1 aromatic rings. The van der Waals surface area contributed by atoms with Gasteiger partial charge in [-0.15, -0.1) is 0 Å². The van der Waals surface area contributed by atoms with Crippen LogP contribution >= 0.6 is 0 Å². The number of benzene rings is 1. The maximum absolute atomic E-state index is 10.9. The second-order valence-corrected chi connectivity index (χ2v) is 2.75. The highest BCUT2D eigenvalue weighted by molar-refractivity contribution is 6.44. The van der Waals surface area contributed by atoms with Gasteiger partial charge in [-0.1, -0.05) is 24.3 Å². The van der Waals surface area contributed by atoms with E-state index in [2.05, 4.69) is 0 Å². The molecule has 0 fully saturated rings. The molecule has 0 bridgehead atoms. The molecule has 13 heavy (non-hydrogen) atoms. The Morgan fingerprint density at radius 1 is 1.46 bits per heavy atom. The standard InChI is InChI=1S/C10H11NO2/c1-7(13)10(11)9-5-3-2-4-8(9)6-12/h2-5,11-12H,6H2,1H3. The number of hydrogen-bond acceptors (Lipinski definition) is 3. The van der Waals surface area contributed by atoms with Crippen LogP contribution in [0.2, 0.25) is 0 Å². The summed E-state index contributed by atoms with van der Waals surface area (Å²) in [7, 11) is 0. The number of aliphatic hydroxyl groups excluding tert-OH is 1. The minimum Gasteiger partial charge on any atom is -0.392 e. The molecule has 3 heteroatoms.